The Morgan fingerprint density at radius 3 is 2.74 bits per heavy atom. The van der Waals surface area contributed by atoms with Crippen LogP contribution in [0.25, 0.3) is 11.3 Å². The van der Waals surface area contributed by atoms with Crippen LogP contribution in [-0.4, -0.2) is 32.4 Å². The molecule has 2 amide bonds. The number of carbonyl (C=O) groups excluding carboxylic acids is 2. The number of nitrogens with one attached hydrogen (secondary N) is 2. The van der Waals surface area contributed by atoms with Gasteiger partial charge in [-0.1, -0.05) is 28.8 Å². The first-order valence-corrected chi connectivity index (χ1v) is 12.5. The minimum Gasteiger partial charge on any atom is -0.348 e. The summed E-state index contributed by atoms with van der Waals surface area (Å²) < 4.78 is 3.86. The molecule has 5 rings (SSSR count). The van der Waals surface area contributed by atoms with Gasteiger partial charge in [-0.05, 0) is 60.6 Å². The van der Waals surface area contributed by atoms with Crippen molar-refractivity contribution in [1.82, 2.24) is 19.9 Å². The minimum atomic E-state index is -0.226. The molecule has 0 saturated heterocycles. The van der Waals surface area contributed by atoms with Crippen LogP contribution in [0.15, 0.2) is 53.9 Å². The summed E-state index contributed by atoms with van der Waals surface area (Å²) in [6.07, 6.45) is 2.58. The fraction of sp³-hybridized carbons (Fsp3) is 0.208. The van der Waals surface area contributed by atoms with Crippen molar-refractivity contribution < 1.29 is 9.59 Å². The third-order valence-corrected chi connectivity index (χ3v) is 7.18. The Morgan fingerprint density at radius 2 is 1.94 bits per heavy atom. The van der Waals surface area contributed by atoms with Gasteiger partial charge < -0.3 is 11.1 Å². The van der Waals surface area contributed by atoms with Crippen molar-refractivity contribution in [1.29, 1.82) is 0 Å². The van der Waals surface area contributed by atoms with Crippen LogP contribution >= 0.6 is 22.9 Å². The predicted molar refractivity (Wildman–Crippen MR) is 133 cm³/mol. The highest BCUT2D eigenvalue weighted by molar-refractivity contribution is 7.15. The fourth-order valence-corrected chi connectivity index (χ4v) is 5.37. The Morgan fingerprint density at radius 1 is 1.09 bits per heavy atom. The van der Waals surface area contributed by atoms with Crippen molar-refractivity contribution in [3.05, 3.63) is 81.2 Å². The lowest BCUT2D eigenvalue weighted by atomic mass is 9.99. The van der Waals surface area contributed by atoms with E-state index in [2.05, 4.69) is 25.2 Å². The first kappa shape index (κ1) is 22.3. The van der Waals surface area contributed by atoms with Gasteiger partial charge in [0.25, 0.3) is 11.8 Å². The number of thiazole rings is 1. The molecule has 172 valence electrons. The number of carbonyl (C=O) groups is 2. The van der Waals surface area contributed by atoms with E-state index in [1.807, 2.05) is 23.6 Å². The summed E-state index contributed by atoms with van der Waals surface area (Å²) in [6, 6.07) is 14.6. The summed E-state index contributed by atoms with van der Waals surface area (Å²) in [5.74, 6) is -0.417. The molecule has 1 aliphatic carbocycles. The molecular weight excluding hydrogens is 468 g/mol. The number of aryl methyl sites for hydroxylation is 1. The first-order chi connectivity index (χ1) is 16.5. The molecule has 10 heteroatoms. The quantitative estimate of drug-likeness (QED) is 0.379. The smallest absolute Gasteiger partial charge is 0.257 e. The van der Waals surface area contributed by atoms with Crippen molar-refractivity contribution in [2.75, 3.05) is 5.32 Å². The summed E-state index contributed by atoms with van der Waals surface area (Å²) in [5.41, 5.74) is 10.7. The number of nitrogens with zero attached hydrogens (tertiary/aromatic N) is 3. The number of anilines is 1. The van der Waals surface area contributed by atoms with E-state index in [4.69, 9.17) is 5.73 Å². The number of amides is 2. The zero-order valence-electron chi connectivity index (χ0n) is 18.2. The Balaban J connectivity index is 1.19. The average molecular weight is 491 g/mol. The largest absolute Gasteiger partial charge is 0.348 e. The number of aromatic nitrogens is 3. The van der Waals surface area contributed by atoms with Crippen LogP contribution in [0.2, 0.25) is 0 Å². The Hall–Kier alpha value is -3.47. The first-order valence-electron chi connectivity index (χ1n) is 10.9. The van der Waals surface area contributed by atoms with Crippen LogP contribution in [0.4, 0.5) is 5.13 Å². The number of rotatable bonds is 6. The molecule has 0 unspecified atom stereocenters. The van der Waals surface area contributed by atoms with Crippen molar-refractivity contribution in [2.24, 2.45) is 5.73 Å². The van der Waals surface area contributed by atoms with Crippen molar-refractivity contribution in [2.45, 2.75) is 31.8 Å². The SMILES string of the molecule is N[C@@H]1CCc2nc(NC(=O)c3cccc(CNC(=O)c4ccc(-c5csnn5)cc4)c3)sc2C1. The molecule has 0 aliphatic heterocycles. The normalized spacial score (nSPS) is 14.9. The van der Waals surface area contributed by atoms with Gasteiger partial charge in [0.1, 0.15) is 5.69 Å². The molecule has 2 aromatic heterocycles. The van der Waals surface area contributed by atoms with E-state index < -0.39 is 0 Å². The topological polar surface area (TPSA) is 123 Å². The van der Waals surface area contributed by atoms with Gasteiger partial charge in [-0.3, -0.25) is 14.9 Å². The van der Waals surface area contributed by atoms with Crippen molar-refractivity contribution >= 4 is 39.8 Å². The summed E-state index contributed by atoms with van der Waals surface area (Å²) in [5, 5.41) is 12.3. The Bertz CT molecular complexity index is 1320. The average Bonchev–Trinajstić information content (AvgIpc) is 3.52. The predicted octanol–water partition coefficient (Wildman–Crippen LogP) is 3.66. The van der Waals surface area contributed by atoms with E-state index in [9.17, 15) is 9.59 Å². The summed E-state index contributed by atoms with van der Waals surface area (Å²) >= 11 is 2.78. The second-order valence-electron chi connectivity index (χ2n) is 8.10. The molecule has 4 N–H and O–H groups in total. The van der Waals surface area contributed by atoms with Gasteiger partial charge in [-0.2, -0.15) is 0 Å². The molecule has 0 bridgehead atoms. The lowest BCUT2D eigenvalue weighted by molar-refractivity contribution is 0.0950. The van der Waals surface area contributed by atoms with Crippen LogP contribution in [0.5, 0.6) is 0 Å². The molecule has 4 aromatic rings. The van der Waals surface area contributed by atoms with Gasteiger partial charge in [0, 0.05) is 39.5 Å². The number of fused-ring (bicyclic) bond motifs is 1. The van der Waals surface area contributed by atoms with E-state index in [-0.39, 0.29) is 17.9 Å². The highest BCUT2D eigenvalue weighted by Crippen LogP contribution is 2.29. The fourth-order valence-electron chi connectivity index (χ4n) is 3.81. The molecule has 0 fully saturated rings. The summed E-state index contributed by atoms with van der Waals surface area (Å²) in [6.45, 7) is 0.307. The Labute approximate surface area is 204 Å². The van der Waals surface area contributed by atoms with Crippen molar-refractivity contribution in [3.8, 4) is 11.3 Å². The lowest BCUT2D eigenvalue weighted by Gasteiger charge is -2.15. The van der Waals surface area contributed by atoms with Crippen LogP contribution in [0, 0.1) is 0 Å². The maximum absolute atomic E-state index is 12.8. The van der Waals surface area contributed by atoms with Gasteiger partial charge in [-0.25, -0.2) is 4.98 Å². The third kappa shape index (κ3) is 5.04. The van der Waals surface area contributed by atoms with Gasteiger partial charge in [0.05, 0.1) is 5.69 Å². The van der Waals surface area contributed by atoms with E-state index >= 15 is 0 Å². The maximum atomic E-state index is 12.8. The van der Waals surface area contributed by atoms with Crippen molar-refractivity contribution in [3.63, 3.8) is 0 Å². The second kappa shape index (κ2) is 9.80. The maximum Gasteiger partial charge on any atom is 0.257 e. The molecule has 2 heterocycles. The van der Waals surface area contributed by atoms with E-state index in [1.165, 1.54) is 22.9 Å². The molecule has 0 saturated carbocycles. The van der Waals surface area contributed by atoms with Gasteiger partial charge in [0.2, 0.25) is 0 Å². The van der Waals surface area contributed by atoms with E-state index in [0.717, 1.165) is 46.7 Å². The van der Waals surface area contributed by atoms with E-state index in [1.54, 1.807) is 30.3 Å². The Kier molecular flexibility index (Phi) is 6.43. The summed E-state index contributed by atoms with van der Waals surface area (Å²) in [7, 11) is 0. The highest BCUT2D eigenvalue weighted by atomic mass is 32.1. The molecule has 2 aromatic carbocycles. The zero-order valence-corrected chi connectivity index (χ0v) is 19.8. The second-order valence-corrected chi connectivity index (χ2v) is 9.79. The number of benzene rings is 2. The lowest BCUT2D eigenvalue weighted by Crippen LogP contribution is -2.27. The third-order valence-electron chi connectivity index (χ3n) is 5.64. The molecule has 0 radical (unpaired) electrons. The van der Waals surface area contributed by atoms with Gasteiger partial charge in [-0.15, -0.1) is 16.4 Å². The molecule has 1 atom stereocenters. The van der Waals surface area contributed by atoms with Gasteiger partial charge in [0.15, 0.2) is 5.13 Å². The van der Waals surface area contributed by atoms with Crippen LogP contribution in [-0.2, 0) is 19.4 Å². The van der Waals surface area contributed by atoms with Crippen LogP contribution in [0.3, 0.4) is 0 Å². The molecule has 8 nitrogen and oxygen atoms in total. The zero-order chi connectivity index (χ0) is 23.5. The standard InChI is InChI=1S/C24H22N6O2S2/c25-18-8-9-19-21(11-18)34-24(27-19)28-23(32)17-3-1-2-14(10-17)12-26-22(31)16-6-4-15(5-7-16)20-13-33-30-29-20/h1-7,10,13,18H,8-9,11-12,25H2,(H,26,31)(H,27,28,32)/t18-/m1/s1. The molecule has 1 aliphatic rings. The highest BCUT2D eigenvalue weighted by Gasteiger charge is 2.21. The molecular formula is C24H22N6O2S2. The van der Waals surface area contributed by atoms with Crippen LogP contribution < -0.4 is 16.4 Å². The molecule has 34 heavy (non-hydrogen) atoms. The van der Waals surface area contributed by atoms with Crippen LogP contribution in [0.1, 0.15) is 43.3 Å². The monoisotopic (exact) mass is 490 g/mol. The number of hydrogen-bond acceptors (Lipinski definition) is 8. The number of hydrogen-bond donors (Lipinski definition) is 3. The minimum absolute atomic E-state index is 0.164. The van der Waals surface area contributed by atoms with E-state index in [0.29, 0.717) is 22.8 Å². The molecule has 0 spiro atoms. The van der Waals surface area contributed by atoms with Gasteiger partial charge >= 0.3 is 0 Å². The number of nitrogens with two attached hydrogens (primary N) is 1. The summed E-state index contributed by atoms with van der Waals surface area (Å²) in [4.78, 5) is 31.0.